The van der Waals surface area contributed by atoms with Crippen molar-refractivity contribution in [2.24, 2.45) is 0 Å². The zero-order valence-corrected chi connectivity index (χ0v) is 20.5. The zero-order chi connectivity index (χ0) is 34.5. The molecule has 0 unspecified atom stereocenters. The Hall–Kier alpha value is -5.14. The molecular formula is C38H24O. The molecule has 0 N–H and O–H groups in total. The number of rotatable bonds is 3. The normalized spacial score (nSPS) is 15.2. The standard InChI is InChI=1S/C38H24O/c1-3-12-25(13-4-1)28-20-11-21-33-34-24-27(22-23-35(34)39-38(28)33)37-31-18-9-7-16-29(31)36(26-14-5-2-6-15-26)30-17-8-10-19-32(30)37/h1-24H/i1D,2D,3D,4D,5D,6D,12D,13D,14D,15D. The molecule has 1 heterocycles. The minimum Gasteiger partial charge on any atom is -0.455 e. The van der Waals surface area contributed by atoms with E-state index in [1.54, 1.807) is 12.1 Å². The van der Waals surface area contributed by atoms with Crippen LogP contribution in [0.1, 0.15) is 13.7 Å². The molecule has 7 aromatic carbocycles. The fourth-order valence-corrected chi connectivity index (χ4v) is 5.62. The maximum absolute atomic E-state index is 8.79. The van der Waals surface area contributed by atoms with E-state index in [4.69, 9.17) is 18.1 Å². The maximum atomic E-state index is 8.79. The smallest absolute Gasteiger partial charge is 0.143 e. The second kappa shape index (κ2) is 8.72. The average molecular weight is 507 g/mol. The van der Waals surface area contributed by atoms with E-state index in [-0.39, 0.29) is 35.3 Å². The fourth-order valence-electron chi connectivity index (χ4n) is 5.62. The molecule has 0 aliphatic heterocycles. The monoisotopic (exact) mass is 506 g/mol. The summed E-state index contributed by atoms with van der Waals surface area (Å²) in [5, 5.41) is 4.60. The van der Waals surface area contributed by atoms with Gasteiger partial charge < -0.3 is 4.42 Å². The van der Waals surface area contributed by atoms with Gasteiger partial charge in [-0.05, 0) is 61.5 Å². The lowest BCUT2D eigenvalue weighted by atomic mass is 9.86. The van der Waals surface area contributed by atoms with E-state index in [9.17, 15) is 0 Å². The highest BCUT2D eigenvalue weighted by atomic mass is 16.3. The summed E-state index contributed by atoms with van der Waals surface area (Å²) in [5.74, 6) is 0. The number of para-hydroxylation sites is 1. The summed E-state index contributed by atoms with van der Waals surface area (Å²) in [6, 6.07) is 22.7. The number of fused-ring (bicyclic) bond motifs is 5. The second-order valence-electron chi connectivity index (χ2n) is 9.34. The van der Waals surface area contributed by atoms with Crippen LogP contribution in [0.15, 0.2) is 150 Å². The molecule has 0 spiro atoms. The minimum atomic E-state index is -0.461. The van der Waals surface area contributed by atoms with Crippen molar-refractivity contribution in [3.8, 4) is 33.4 Å². The molecule has 0 saturated heterocycles. The van der Waals surface area contributed by atoms with Crippen LogP contribution in [0, 0.1) is 0 Å². The van der Waals surface area contributed by atoms with E-state index in [2.05, 4.69) is 0 Å². The van der Waals surface area contributed by atoms with Crippen LogP contribution in [-0.4, -0.2) is 0 Å². The van der Waals surface area contributed by atoms with Crippen molar-refractivity contribution in [2.75, 3.05) is 0 Å². The number of hydrogen-bond donors (Lipinski definition) is 0. The number of hydrogen-bond acceptors (Lipinski definition) is 1. The van der Waals surface area contributed by atoms with Gasteiger partial charge >= 0.3 is 0 Å². The highest BCUT2D eigenvalue weighted by Crippen LogP contribution is 2.45. The Morgan fingerprint density at radius 2 is 0.974 bits per heavy atom. The number of furan rings is 1. The van der Waals surface area contributed by atoms with Crippen molar-refractivity contribution >= 4 is 43.5 Å². The van der Waals surface area contributed by atoms with Gasteiger partial charge in [0, 0.05) is 16.3 Å². The summed E-state index contributed by atoms with van der Waals surface area (Å²) in [4.78, 5) is 0. The van der Waals surface area contributed by atoms with Crippen LogP contribution in [-0.2, 0) is 0 Å². The molecule has 8 aromatic rings. The molecule has 0 radical (unpaired) electrons. The molecule has 1 heteroatoms. The molecule has 8 rings (SSSR count). The van der Waals surface area contributed by atoms with E-state index < -0.39 is 36.3 Å². The van der Waals surface area contributed by atoms with Crippen molar-refractivity contribution < 1.29 is 18.1 Å². The summed E-state index contributed by atoms with van der Waals surface area (Å²) in [7, 11) is 0. The maximum Gasteiger partial charge on any atom is 0.143 e. The summed E-state index contributed by atoms with van der Waals surface area (Å²) in [5.41, 5.74) is 3.86. The predicted molar refractivity (Wildman–Crippen MR) is 165 cm³/mol. The summed E-state index contributed by atoms with van der Waals surface area (Å²) < 4.78 is 90.3. The first kappa shape index (κ1) is 14.1. The van der Waals surface area contributed by atoms with Gasteiger partial charge in [0.05, 0.1) is 13.7 Å². The Morgan fingerprint density at radius 1 is 0.436 bits per heavy atom. The van der Waals surface area contributed by atoms with Crippen LogP contribution < -0.4 is 0 Å². The Morgan fingerprint density at radius 3 is 1.59 bits per heavy atom. The predicted octanol–water partition coefficient (Wildman–Crippen LogP) is 10.9. The third kappa shape index (κ3) is 3.41. The van der Waals surface area contributed by atoms with Gasteiger partial charge in [0.2, 0.25) is 0 Å². The van der Waals surface area contributed by atoms with Crippen LogP contribution in [0.3, 0.4) is 0 Å². The van der Waals surface area contributed by atoms with E-state index >= 15 is 0 Å². The molecule has 0 atom stereocenters. The van der Waals surface area contributed by atoms with Gasteiger partial charge in [-0.15, -0.1) is 0 Å². The molecule has 182 valence electrons. The molecule has 0 saturated carbocycles. The van der Waals surface area contributed by atoms with Gasteiger partial charge in [-0.25, -0.2) is 0 Å². The summed E-state index contributed by atoms with van der Waals surface area (Å²) >= 11 is 0. The van der Waals surface area contributed by atoms with Gasteiger partial charge in [0.1, 0.15) is 11.2 Å². The Kier molecular flexibility index (Phi) is 3.16. The quantitative estimate of drug-likeness (QED) is 0.217. The lowest BCUT2D eigenvalue weighted by Crippen LogP contribution is -1.90. The van der Waals surface area contributed by atoms with Crippen molar-refractivity contribution in [3.05, 3.63) is 145 Å². The lowest BCUT2D eigenvalue weighted by Gasteiger charge is -2.17. The zero-order valence-electron chi connectivity index (χ0n) is 30.5. The highest BCUT2D eigenvalue weighted by molar-refractivity contribution is 6.22. The largest absolute Gasteiger partial charge is 0.455 e. The van der Waals surface area contributed by atoms with Crippen LogP contribution in [0.25, 0.3) is 76.9 Å². The van der Waals surface area contributed by atoms with Crippen molar-refractivity contribution in [3.63, 3.8) is 0 Å². The van der Waals surface area contributed by atoms with Crippen molar-refractivity contribution in [1.29, 1.82) is 0 Å². The molecule has 0 fully saturated rings. The SMILES string of the molecule is [2H]c1c([2H])c([2H])c(-c2c3ccccc3c(-c3ccc4oc5c(-c6c([2H])c([2H])c([2H])c([2H])c6[2H])cccc5c4c3)c3ccccc23)c([2H])c1[2H]. The van der Waals surface area contributed by atoms with Gasteiger partial charge in [-0.1, -0.05) is 133 Å². The third-order valence-electron chi connectivity index (χ3n) is 7.24. The third-order valence-corrected chi connectivity index (χ3v) is 7.24. The lowest BCUT2D eigenvalue weighted by molar-refractivity contribution is 0.670. The first-order valence-electron chi connectivity index (χ1n) is 17.5. The Labute approximate surface area is 240 Å². The van der Waals surface area contributed by atoms with E-state index in [0.717, 1.165) is 38.1 Å². The molecule has 0 amide bonds. The minimum absolute atomic E-state index is 0.0658. The van der Waals surface area contributed by atoms with Gasteiger partial charge in [0.25, 0.3) is 0 Å². The van der Waals surface area contributed by atoms with Crippen LogP contribution in [0.4, 0.5) is 0 Å². The molecule has 0 bridgehead atoms. The molecule has 0 aliphatic rings. The van der Waals surface area contributed by atoms with Crippen molar-refractivity contribution in [2.45, 2.75) is 0 Å². The molecule has 0 aliphatic carbocycles. The van der Waals surface area contributed by atoms with Gasteiger partial charge in [-0.2, -0.15) is 0 Å². The Bertz CT molecular complexity index is 2620. The van der Waals surface area contributed by atoms with Crippen LogP contribution >= 0.6 is 0 Å². The number of benzene rings is 7. The molecular weight excluding hydrogens is 472 g/mol. The molecule has 1 nitrogen and oxygen atoms in total. The average Bonchev–Trinajstić information content (AvgIpc) is 3.50. The first-order valence-corrected chi connectivity index (χ1v) is 12.5. The van der Waals surface area contributed by atoms with Gasteiger partial charge in [-0.3, -0.25) is 0 Å². The topological polar surface area (TPSA) is 13.1 Å². The molecule has 39 heavy (non-hydrogen) atoms. The van der Waals surface area contributed by atoms with E-state index in [1.807, 2.05) is 72.8 Å². The molecule has 1 aromatic heterocycles. The van der Waals surface area contributed by atoms with E-state index in [1.165, 1.54) is 0 Å². The van der Waals surface area contributed by atoms with Crippen LogP contribution in [0.2, 0.25) is 0 Å². The summed E-state index contributed by atoms with van der Waals surface area (Å²) in [6.07, 6.45) is 0. The van der Waals surface area contributed by atoms with Crippen LogP contribution in [0.5, 0.6) is 0 Å². The van der Waals surface area contributed by atoms with E-state index in [0.29, 0.717) is 27.7 Å². The highest BCUT2D eigenvalue weighted by Gasteiger charge is 2.18. The fraction of sp³-hybridized carbons (Fsp3) is 0. The Balaban J connectivity index is 1.43. The first-order chi connectivity index (χ1) is 23.5. The van der Waals surface area contributed by atoms with Gasteiger partial charge in [0.15, 0.2) is 0 Å². The second-order valence-corrected chi connectivity index (χ2v) is 9.34. The van der Waals surface area contributed by atoms with Crippen molar-refractivity contribution in [1.82, 2.24) is 0 Å². The summed E-state index contributed by atoms with van der Waals surface area (Å²) in [6.45, 7) is 0.